The molecule has 2 aromatic carbocycles. The molecule has 3 N–H and O–H groups in total. The van der Waals surface area contributed by atoms with Gasteiger partial charge < -0.3 is 15.3 Å². The molecule has 0 saturated heterocycles. The van der Waals surface area contributed by atoms with E-state index in [-0.39, 0.29) is 16.9 Å². The first-order valence-electron chi connectivity index (χ1n) is 4.72. The van der Waals surface area contributed by atoms with Crippen LogP contribution in [0.25, 0.3) is 10.8 Å². The first-order valence-corrected chi connectivity index (χ1v) is 4.72. The lowest BCUT2D eigenvalue weighted by Gasteiger charge is -2.04. The van der Waals surface area contributed by atoms with Gasteiger partial charge in [-0.15, -0.1) is 0 Å². The lowest BCUT2D eigenvalue weighted by atomic mass is 10.0. The quantitative estimate of drug-likeness (QED) is 0.735. The van der Waals surface area contributed by atoms with Gasteiger partial charge in [-0.2, -0.15) is 0 Å². The fourth-order valence-corrected chi connectivity index (χ4v) is 1.59. The van der Waals surface area contributed by atoms with Crippen LogP contribution in [0.4, 0.5) is 0 Å². The number of benzene rings is 2. The third kappa shape index (κ3) is 1.90. The fraction of sp³-hybridized carbons (Fsp3) is 0. The van der Waals surface area contributed by atoms with Gasteiger partial charge in [-0.3, -0.25) is 0 Å². The summed E-state index contributed by atoms with van der Waals surface area (Å²) < 4.78 is 0. The van der Waals surface area contributed by atoms with Crippen molar-refractivity contribution in [3.05, 3.63) is 41.5 Å². The van der Waals surface area contributed by atoms with Gasteiger partial charge in [0.1, 0.15) is 5.75 Å². The van der Waals surface area contributed by atoms with Gasteiger partial charge in [-0.25, -0.2) is 9.59 Å². The zero-order chi connectivity index (χ0) is 12.6. The van der Waals surface area contributed by atoms with Crippen molar-refractivity contribution in [1.29, 1.82) is 0 Å². The minimum absolute atomic E-state index is 0.0378. The van der Waals surface area contributed by atoms with Gasteiger partial charge in [0.25, 0.3) is 0 Å². The number of carboxylic acid groups (broad SMARTS) is 2. The Hall–Kier alpha value is -2.56. The summed E-state index contributed by atoms with van der Waals surface area (Å²) >= 11 is 0. The van der Waals surface area contributed by atoms with Crippen LogP contribution in [0.5, 0.6) is 5.75 Å². The molecule has 0 spiro atoms. The zero-order valence-electron chi connectivity index (χ0n) is 8.54. The molecular weight excluding hydrogens is 224 g/mol. The van der Waals surface area contributed by atoms with E-state index >= 15 is 0 Å². The summed E-state index contributed by atoms with van der Waals surface area (Å²) in [6.45, 7) is 0. The number of carbonyl (C=O) groups is 2. The van der Waals surface area contributed by atoms with Crippen molar-refractivity contribution in [3.8, 4) is 5.75 Å². The molecule has 0 atom stereocenters. The number of aromatic carboxylic acids is 2. The molecule has 0 bridgehead atoms. The average Bonchev–Trinajstić information content (AvgIpc) is 2.28. The summed E-state index contributed by atoms with van der Waals surface area (Å²) in [6, 6.07) is 6.60. The van der Waals surface area contributed by atoms with E-state index in [1.165, 1.54) is 24.3 Å². The number of carboxylic acids is 2. The Bertz CT molecular complexity index is 630. The van der Waals surface area contributed by atoms with E-state index in [1.54, 1.807) is 0 Å². The van der Waals surface area contributed by atoms with Crippen LogP contribution in [0.3, 0.4) is 0 Å². The molecule has 0 aromatic heterocycles. The van der Waals surface area contributed by atoms with E-state index in [9.17, 15) is 14.7 Å². The average molecular weight is 232 g/mol. The second-order valence-electron chi connectivity index (χ2n) is 3.54. The van der Waals surface area contributed by atoms with Crippen molar-refractivity contribution in [3.63, 3.8) is 0 Å². The molecule has 0 amide bonds. The summed E-state index contributed by atoms with van der Waals surface area (Å²) in [6.07, 6.45) is 0. The Morgan fingerprint density at radius 1 is 0.882 bits per heavy atom. The second-order valence-corrected chi connectivity index (χ2v) is 3.54. The Balaban J connectivity index is 2.72. The fourth-order valence-electron chi connectivity index (χ4n) is 1.59. The topological polar surface area (TPSA) is 94.8 Å². The molecule has 0 aliphatic heterocycles. The number of rotatable bonds is 2. The molecular formula is C12H8O5. The van der Waals surface area contributed by atoms with Crippen LogP contribution in [-0.2, 0) is 0 Å². The highest BCUT2D eigenvalue weighted by Gasteiger charge is 2.10. The van der Waals surface area contributed by atoms with Crippen LogP contribution >= 0.6 is 0 Å². The standard InChI is InChI=1S/C12H8O5/c13-10-5-8(12(16)17)3-6-1-2-7(11(14)15)4-9(6)10/h1-5,13H,(H,14,15)(H,16,17). The Kier molecular flexibility index (Phi) is 2.44. The number of aromatic hydroxyl groups is 1. The third-order valence-corrected chi connectivity index (χ3v) is 2.43. The summed E-state index contributed by atoms with van der Waals surface area (Å²) in [5, 5.41) is 28.1. The minimum atomic E-state index is -1.15. The van der Waals surface area contributed by atoms with Crippen molar-refractivity contribution in [1.82, 2.24) is 0 Å². The van der Waals surface area contributed by atoms with E-state index in [1.807, 2.05) is 0 Å². The summed E-state index contributed by atoms with van der Waals surface area (Å²) in [5.74, 6) is -2.50. The van der Waals surface area contributed by atoms with Crippen LogP contribution in [0.1, 0.15) is 20.7 Å². The maximum Gasteiger partial charge on any atom is 0.335 e. The lowest BCUT2D eigenvalue weighted by molar-refractivity contribution is 0.0685. The van der Waals surface area contributed by atoms with Crippen molar-refractivity contribution in [2.45, 2.75) is 0 Å². The molecule has 0 unspecified atom stereocenters. The van der Waals surface area contributed by atoms with E-state index in [4.69, 9.17) is 10.2 Å². The first-order chi connectivity index (χ1) is 7.99. The van der Waals surface area contributed by atoms with Crippen LogP contribution in [0, 0.1) is 0 Å². The monoisotopic (exact) mass is 232 g/mol. The molecule has 0 aliphatic carbocycles. The number of phenolic OH excluding ortho intramolecular Hbond substituents is 1. The summed E-state index contributed by atoms with van der Waals surface area (Å²) in [4.78, 5) is 21.5. The van der Waals surface area contributed by atoms with Crippen molar-refractivity contribution in [2.24, 2.45) is 0 Å². The van der Waals surface area contributed by atoms with Gasteiger partial charge in [-0.05, 0) is 29.7 Å². The van der Waals surface area contributed by atoms with Gasteiger partial charge in [0, 0.05) is 5.39 Å². The van der Waals surface area contributed by atoms with Crippen LogP contribution < -0.4 is 0 Å². The van der Waals surface area contributed by atoms with E-state index in [2.05, 4.69) is 0 Å². The molecule has 17 heavy (non-hydrogen) atoms. The van der Waals surface area contributed by atoms with E-state index < -0.39 is 11.9 Å². The Morgan fingerprint density at radius 3 is 2.12 bits per heavy atom. The van der Waals surface area contributed by atoms with E-state index in [0.717, 1.165) is 6.07 Å². The predicted molar refractivity (Wildman–Crippen MR) is 59.5 cm³/mol. The number of fused-ring (bicyclic) bond motifs is 1. The molecule has 5 heteroatoms. The SMILES string of the molecule is O=C(O)c1cc(O)c2cc(C(=O)O)ccc2c1. The van der Waals surface area contributed by atoms with Gasteiger partial charge in [0.15, 0.2) is 0 Å². The largest absolute Gasteiger partial charge is 0.507 e. The highest BCUT2D eigenvalue weighted by Crippen LogP contribution is 2.27. The Labute approximate surface area is 95.5 Å². The van der Waals surface area contributed by atoms with Gasteiger partial charge in [-0.1, -0.05) is 6.07 Å². The lowest BCUT2D eigenvalue weighted by Crippen LogP contribution is -1.98. The van der Waals surface area contributed by atoms with Crippen LogP contribution in [0.2, 0.25) is 0 Å². The second kappa shape index (κ2) is 3.79. The number of phenols is 1. The van der Waals surface area contributed by atoms with Gasteiger partial charge in [0.05, 0.1) is 11.1 Å². The molecule has 0 radical (unpaired) electrons. The smallest absolute Gasteiger partial charge is 0.335 e. The van der Waals surface area contributed by atoms with Gasteiger partial charge in [0.2, 0.25) is 0 Å². The molecule has 2 rings (SSSR count). The summed E-state index contributed by atoms with van der Waals surface area (Å²) in [7, 11) is 0. The summed E-state index contributed by atoms with van der Waals surface area (Å²) in [5.41, 5.74) is -0.00560. The molecule has 0 aliphatic rings. The minimum Gasteiger partial charge on any atom is -0.507 e. The predicted octanol–water partition coefficient (Wildman–Crippen LogP) is 1.94. The third-order valence-electron chi connectivity index (χ3n) is 2.43. The maximum absolute atomic E-state index is 10.8. The number of hydrogen-bond donors (Lipinski definition) is 3. The van der Waals surface area contributed by atoms with Crippen molar-refractivity contribution >= 4 is 22.7 Å². The van der Waals surface area contributed by atoms with Crippen molar-refractivity contribution < 1.29 is 24.9 Å². The molecule has 86 valence electrons. The first kappa shape index (κ1) is 10.9. The van der Waals surface area contributed by atoms with E-state index in [0.29, 0.717) is 10.8 Å². The molecule has 0 heterocycles. The molecule has 0 saturated carbocycles. The maximum atomic E-state index is 10.8. The Morgan fingerprint density at radius 2 is 1.53 bits per heavy atom. The van der Waals surface area contributed by atoms with Crippen molar-refractivity contribution in [2.75, 3.05) is 0 Å². The molecule has 5 nitrogen and oxygen atoms in total. The normalized spacial score (nSPS) is 10.4. The zero-order valence-corrected chi connectivity index (χ0v) is 8.54. The highest BCUT2D eigenvalue weighted by atomic mass is 16.4. The molecule has 0 fully saturated rings. The molecule has 2 aromatic rings. The number of hydrogen-bond acceptors (Lipinski definition) is 3. The van der Waals surface area contributed by atoms with Crippen LogP contribution in [0.15, 0.2) is 30.3 Å². The van der Waals surface area contributed by atoms with Crippen LogP contribution in [-0.4, -0.2) is 27.3 Å². The highest BCUT2D eigenvalue weighted by molar-refractivity contribution is 6.00. The van der Waals surface area contributed by atoms with Gasteiger partial charge >= 0.3 is 11.9 Å².